The van der Waals surface area contributed by atoms with Crippen LogP contribution in [-0.4, -0.2) is 20.8 Å². The molecule has 1 aliphatic carbocycles. The molecule has 4 nitrogen and oxygen atoms in total. The van der Waals surface area contributed by atoms with Gasteiger partial charge in [-0.25, -0.2) is 4.99 Å². The molecule has 11 rings (SSSR count). The largest absolute Gasteiger partial charge is 0.309 e. The molecule has 2 heterocycles. The van der Waals surface area contributed by atoms with Crippen LogP contribution < -0.4 is 0 Å². The number of para-hydroxylation sites is 3. The van der Waals surface area contributed by atoms with E-state index in [9.17, 15) is 5.41 Å². The summed E-state index contributed by atoms with van der Waals surface area (Å²) in [5.74, 6) is 0.164. The number of aromatic nitrogens is 2. The summed E-state index contributed by atoms with van der Waals surface area (Å²) in [7, 11) is 0. The van der Waals surface area contributed by atoms with Gasteiger partial charge in [-0.2, -0.15) is 0 Å². The van der Waals surface area contributed by atoms with Crippen LogP contribution in [0.2, 0.25) is 0 Å². The minimum absolute atomic E-state index is 0.164. The third-order valence-electron chi connectivity index (χ3n) is 11.2. The smallest absolute Gasteiger partial charge is 0.227 e. The van der Waals surface area contributed by atoms with Crippen molar-refractivity contribution in [3.05, 3.63) is 205 Å². The Labute approximate surface area is 323 Å². The molecule has 0 saturated carbocycles. The van der Waals surface area contributed by atoms with E-state index in [0.29, 0.717) is 0 Å². The first-order valence-electron chi connectivity index (χ1n) is 19.0. The van der Waals surface area contributed by atoms with Gasteiger partial charge in [-0.15, -0.1) is 0 Å². The normalized spacial score (nSPS) is 14.4. The monoisotopic (exact) mass is 714 g/mol. The van der Waals surface area contributed by atoms with E-state index < -0.39 is 0 Å². The Balaban J connectivity index is 1.12. The van der Waals surface area contributed by atoms with E-state index in [2.05, 4.69) is 181 Å². The van der Waals surface area contributed by atoms with E-state index in [0.717, 1.165) is 61.0 Å². The second-order valence-corrected chi connectivity index (χ2v) is 14.3. The first kappa shape index (κ1) is 31.9. The third-order valence-corrected chi connectivity index (χ3v) is 11.2. The fraction of sp³-hybridized carbons (Fsp3) is 0. The van der Waals surface area contributed by atoms with Gasteiger partial charge in [-0.3, -0.25) is 9.98 Å². The lowest BCUT2D eigenvalue weighted by Gasteiger charge is -2.13. The van der Waals surface area contributed by atoms with Gasteiger partial charge in [0.05, 0.1) is 27.8 Å². The van der Waals surface area contributed by atoms with Crippen LogP contribution in [0.1, 0.15) is 5.56 Å². The van der Waals surface area contributed by atoms with Crippen LogP contribution in [0.3, 0.4) is 0 Å². The number of fused-ring (bicyclic) bond motifs is 9. The summed E-state index contributed by atoms with van der Waals surface area (Å²) in [6.07, 6.45) is 10.3. The highest BCUT2D eigenvalue weighted by molar-refractivity contribution is 6.25. The molecule has 0 spiro atoms. The highest BCUT2D eigenvalue weighted by atomic mass is 15.1. The van der Waals surface area contributed by atoms with Crippen molar-refractivity contribution in [2.75, 3.05) is 0 Å². The molecular formula is C52H34N4. The van der Waals surface area contributed by atoms with Crippen LogP contribution in [0.25, 0.3) is 88.0 Å². The van der Waals surface area contributed by atoms with Crippen molar-refractivity contribution in [3.8, 4) is 16.8 Å². The van der Waals surface area contributed by atoms with E-state index in [1.165, 1.54) is 37.8 Å². The van der Waals surface area contributed by atoms with E-state index in [4.69, 9.17) is 4.99 Å². The topological polar surface area (TPSA) is 46.1 Å². The number of hydrogen-bond acceptors (Lipinski definition) is 1. The molecule has 56 heavy (non-hydrogen) atoms. The number of aliphatic imine (C=N–C) groups is 1. The van der Waals surface area contributed by atoms with Crippen LogP contribution in [0.4, 0.5) is 0 Å². The number of benzene rings is 8. The maximum atomic E-state index is 9.63. The Kier molecular flexibility index (Phi) is 7.29. The lowest BCUT2D eigenvalue weighted by Crippen LogP contribution is -2.12. The van der Waals surface area contributed by atoms with E-state index in [-0.39, 0.29) is 5.96 Å². The summed E-state index contributed by atoms with van der Waals surface area (Å²) in [5, 5.41) is 19.1. The molecule has 2 aromatic heterocycles. The molecule has 0 radical (unpaired) electrons. The first-order chi connectivity index (χ1) is 27.7. The molecule has 4 heteroatoms. The summed E-state index contributed by atoms with van der Waals surface area (Å²) in [5.41, 5.74) is 10.4. The zero-order chi connectivity index (χ0) is 37.2. The SMILES string of the molecule is N=C(/N=C1/C=CC=C/C1=C\c1cccc2ccccc12)n1c2ccccc2c2ccc(-c3cc4c(c5ccccc35)c3ccccc3n4-c3ccccc3)cc21. The quantitative estimate of drug-likeness (QED) is 0.140. The van der Waals surface area contributed by atoms with Crippen molar-refractivity contribution < 1.29 is 0 Å². The molecule has 262 valence electrons. The number of nitrogens with zero attached hydrogens (tertiary/aromatic N) is 3. The molecule has 8 aromatic carbocycles. The van der Waals surface area contributed by atoms with Crippen LogP contribution in [0.15, 0.2) is 205 Å². The summed E-state index contributed by atoms with van der Waals surface area (Å²) in [4.78, 5) is 5.05. The average molecular weight is 715 g/mol. The van der Waals surface area contributed by atoms with Crippen molar-refractivity contribution in [3.63, 3.8) is 0 Å². The van der Waals surface area contributed by atoms with Gasteiger partial charge in [0.15, 0.2) is 0 Å². The van der Waals surface area contributed by atoms with Crippen LogP contribution in [-0.2, 0) is 0 Å². The molecule has 0 unspecified atom stereocenters. The van der Waals surface area contributed by atoms with Gasteiger partial charge < -0.3 is 4.57 Å². The molecule has 0 amide bonds. The maximum Gasteiger partial charge on any atom is 0.227 e. The van der Waals surface area contributed by atoms with Gasteiger partial charge in [0.25, 0.3) is 0 Å². The molecule has 1 N–H and O–H groups in total. The van der Waals surface area contributed by atoms with Crippen molar-refractivity contribution in [2.45, 2.75) is 0 Å². The van der Waals surface area contributed by atoms with Crippen molar-refractivity contribution in [1.82, 2.24) is 9.13 Å². The number of rotatable bonds is 3. The Morgan fingerprint density at radius 3 is 2.02 bits per heavy atom. The van der Waals surface area contributed by atoms with E-state index >= 15 is 0 Å². The minimum Gasteiger partial charge on any atom is -0.309 e. The predicted molar refractivity (Wildman–Crippen MR) is 237 cm³/mol. The van der Waals surface area contributed by atoms with Crippen LogP contribution in [0.5, 0.6) is 0 Å². The zero-order valence-corrected chi connectivity index (χ0v) is 30.4. The van der Waals surface area contributed by atoms with E-state index in [1.807, 2.05) is 28.9 Å². The molecular weight excluding hydrogens is 681 g/mol. The molecule has 0 fully saturated rings. The molecule has 0 aliphatic heterocycles. The fourth-order valence-electron chi connectivity index (χ4n) is 8.71. The minimum atomic E-state index is 0.164. The second kappa shape index (κ2) is 12.8. The van der Waals surface area contributed by atoms with Gasteiger partial charge in [-0.05, 0) is 86.8 Å². The summed E-state index contributed by atoms with van der Waals surface area (Å²) < 4.78 is 4.39. The Morgan fingerprint density at radius 1 is 0.500 bits per heavy atom. The average Bonchev–Trinajstić information content (AvgIpc) is 3.77. The summed E-state index contributed by atoms with van der Waals surface area (Å²) >= 11 is 0. The van der Waals surface area contributed by atoms with E-state index in [1.54, 1.807) is 0 Å². The Bertz CT molecular complexity index is 3360. The van der Waals surface area contributed by atoms with Gasteiger partial charge in [0, 0.05) is 32.8 Å². The van der Waals surface area contributed by atoms with Gasteiger partial charge in [0.2, 0.25) is 5.96 Å². The van der Waals surface area contributed by atoms with Crippen LogP contribution >= 0.6 is 0 Å². The van der Waals surface area contributed by atoms with Crippen molar-refractivity contribution in [2.24, 2.45) is 4.99 Å². The number of allylic oxidation sites excluding steroid dienone is 5. The molecule has 10 aromatic rings. The highest BCUT2D eigenvalue weighted by Gasteiger charge is 2.20. The van der Waals surface area contributed by atoms with Gasteiger partial charge >= 0.3 is 0 Å². The molecule has 0 bridgehead atoms. The lowest BCUT2D eigenvalue weighted by molar-refractivity contribution is 1.18. The standard InChI is InChI=1S/C52H34N4/c53-52(54-46-26-11-5-16-37(46)31-35-18-14-17-34-15-4-6-21-39(34)35)56-47-27-12-9-23-41(47)42-30-29-36(32-49(42)56)45-33-50-51(43-24-8-7-22-40(43)45)44-25-10-13-28-48(44)55(50)38-19-2-1-3-20-38/h1-33,53H/b37-31+,53-52?,54-46-. The lowest BCUT2D eigenvalue weighted by atomic mass is 9.94. The number of nitrogens with one attached hydrogen (secondary N) is 1. The fourth-order valence-corrected chi connectivity index (χ4v) is 8.71. The highest BCUT2D eigenvalue weighted by Crippen LogP contribution is 2.42. The molecule has 0 saturated heterocycles. The van der Waals surface area contributed by atoms with Gasteiger partial charge in [0.1, 0.15) is 0 Å². The first-order valence-corrected chi connectivity index (χ1v) is 19.0. The van der Waals surface area contributed by atoms with Crippen molar-refractivity contribution >= 4 is 82.9 Å². The van der Waals surface area contributed by atoms with Crippen molar-refractivity contribution in [1.29, 1.82) is 5.41 Å². The zero-order valence-electron chi connectivity index (χ0n) is 30.4. The Hall–Kier alpha value is -7.56. The maximum absolute atomic E-state index is 9.63. The second-order valence-electron chi connectivity index (χ2n) is 14.3. The number of hydrogen-bond donors (Lipinski definition) is 1. The molecule has 1 aliphatic rings. The summed E-state index contributed by atoms with van der Waals surface area (Å²) in [6.45, 7) is 0. The van der Waals surface area contributed by atoms with Gasteiger partial charge in [-0.1, -0.05) is 152 Å². The predicted octanol–water partition coefficient (Wildman–Crippen LogP) is 13.3. The summed E-state index contributed by atoms with van der Waals surface area (Å²) in [6, 6.07) is 60.3. The molecule has 0 atom stereocenters. The third kappa shape index (κ3) is 5.00. The Morgan fingerprint density at radius 2 is 1.16 bits per heavy atom. The van der Waals surface area contributed by atoms with Crippen LogP contribution in [0, 0.1) is 5.41 Å².